The predicted octanol–water partition coefficient (Wildman–Crippen LogP) is 5.89. The highest BCUT2D eigenvalue weighted by atomic mass is 19.4. The number of aryl methyl sites for hydroxylation is 1. The third-order valence-corrected chi connectivity index (χ3v) is 4.99. The first-order chi connectivity index (χ1) is 15.1. The number of hydrogen-bond donors (Lipinski definition) is 0. The number of halogens is 3. The van der Waals surface area contributed by atoms with Gasteiger partial charge in [-0.25, -0.2) is 4.98 Å². The quantitative estimate of drug-likeness (QED) is 0.333. The molecule has 0 saturated heterocycles. The van der Waals surface area contributed by atoms with E-state index in [4.69, 9.17) is 0 Å². The van der Waals surface area contributed by atoms with Crippen molar-refractivity contribution in [1.82, 2.24) is 9.97 Å². The lowest BCUT2D eigenvalue weighted by atomic mass is 10.1. The Morgan fingerprint density at radius 3 is 2.06 bits per heavy atom. The van der Waals surface area contributed by atoms with Crippen molar-refractivity contribution in [3.63, 3.8) is 0 Å². The van der Waals surface area contributed by atoms with Crippen molar-refractivity contribution in [2.24, 2.45) is 0 Å². The molecule has 0 aliphatic carbocycles. The van der Waals surface area contributed by atoms with Gasteiger partial charge in [0.1, 0.15) is 5.56 Å². The van der Waals surface area contributed by atoms with Crippen molar-refractivity contribution in [1.29, 1.82) is 0 Å². The van der Waals surface area contributed by atoms with Gasteiger partial charge in [0.25, 0.3) is 5.69 Å². The fourth-order valence-electron chi connectivity index (χ4n) is 3.19. The van der Waals surface area contributed by atoms with Crippen molar-refractivity contribution in [2.45, 2.75) is 25.9 Å². The highest BCUT2D eigenvalue weighted by Gasteiger charge is 2.37. The minimum atomic E-state index is -4.64. The molecule has 168 valence electrons. The van der Waals surface area contributed by atoms with E-state index in [1.165, 1.54) is 41.1 Å². The van der Waals surface area contributed by atoms with Crippen molar-refractivity contribution in [3.8, 4) is 0 Å². The zero-order valence-electron chi connectivity index (χ0n) is 17.8. The average Bonchev–Trinajstić information content (AvgIpc) is 2.78. The second-order valence-electron chi connectivity index (χ2n) is 7.21. The lowest BCUT2D eigenvalue weighted by Crippen LogP contribution is -2.21. The van der Waals surface area contributed by atoms with E-state index in [9.17, 15) is 23.3 Å². The van der Waals surface area contributed by atoms with Crippen LogP contribution in [0.2, 0.25) is 0 Å². The molecule has 0 radical (unpaired) electrons. The number of alkyl halides is 3. The van der Waals surface area contributed by atoms with Crippen LogP contribution in [0.5, 0.6) is 0 Å². The maximum Gasteiger partial charge on any atom is 0.421 e. The topological polar surface area (TPSA) is 75.4 Å². The van der Waals surface area contributed by atoms with Crippen molar-refractivity contribution < 1.29 is 18.1 Å². The molecule has 0 amide bonds. The summed E-state index contributed by atoms with van der Waals surface area (Å²) < 4.78 is 41.0. The lowest BCUT2D eigenvalue weighted by molar-refractivity contribution is -0.384. The maximum atomic E-state index is 13.7. The molecule has 32 heavy (non-hydrogen) atoms. The van der Waals surface area contributed by atoms with Crippen molar-refractivity contribution in [2.75, 3.05) is 23.9 Å². The molecular weight excluding hydrogens is 423 g/mol. The fourth-order valence-corrected chi connectivity index (χ4v) is 3.19. The number of benzene rings is 2. The first-order valence-corrected chi connectivity index (χ1v) is 9.87. The molecule has 7 nitrogen and oxygen atoms in total. The van der Waals surface area contributed by atoms with Gasteiger partial charge in [0.2, 0.25) is 5.95 Å². The molecular formula is C22H22F3N5O2. The van der Waals surface area contributed by atoms with Gasteiger partial charge < -0.3 is 9.80 Å². The van der Waals surface area contributed by atoms with Crippen LogP contribution >= 0.6 is 0 Å². The summed E-state index contributed by atoms with van der Waals surface area (Å²) in [5, 5.41) is 10.9. The van der Waals surface area contributed by atoms with Crippen molar-refractivity contribution >= 4 is 28.8 Å². The Morgan fingerprint density at radius 1 is 0.969 bits per heavy atom. The van der Waals surface area contributed by atoms with E-state index in [2.05, 4.69) is 16.9 Å². The molecule has 0 atom stereocenters. The summed E-state index contributed by atoms with van der Waals surface area (Å²) in [6.07, 6.45) is -2.04. The van der Waals surface area contributed by atoms with E-state index in [0.717, 1.165) is 24.6 Å². The molecule has 0 saturated carbocycles. The molecule has 0 N–H and O–H groups in total. The van der Waals surface area contributed by atoms with E-state index in [1.807, 2.05) is 12.1 Å². The maximum absolute atomic E-state index is 13.7. The van der Waals surface area contributed by atoms with Crippen LogP contribution in [-0.2, 0) is 12.6 Å². The second-order valence-corrected chi connectivity index (χ2v) is 7.21. The Hall–Kier alpha value is -3.69. The molecule has 3 aromatic rings. The Bertz CT molecular complexity index is 1090. The van der Waals surface area contributed by atoms with E-state index in [0.29, 0.717) is 11.4 Å². The van der Waals surface area contributed by atoms with Gasteiger partial charge in [-0.3, -0.25) is 10.1 Å². The zero-order valence-corrected chi connectivity index (χ0v) is 17.8. The summed E-state index contributed by atoms with van der Waals surface area (Å²) >= 11 is 0. The second kappa shape index (κ2) is 9.21. The summed E-state index contributed by atoms with van der Waals surface area (Å²) in [6.45, 7) is 2.06. The Labute approximate surface area is 183 Å². The number of aromatic nitrogens is 2. The molecule has 0 aliphatic rings. The van der Waals surface area contributed by atoms with Gasteiger partial charge in [-0.05, 0) is 36.2 Å². The van der Waals surface area contributed by atoms with E-state index in [-0.39, 0.29) is 17.5 Å². The molecule has 1 aromatic heterocycles. The molecule has 0 aliphatic heterocycles. The highest BCUT2D eigenvalue weighted by Crippen LogP contribution is 2.38. The average molecular weight is 445 g/mol. The summed E-state index contributed by atoms with van der Waals surface area (Å²) in [5.41, 5.74) is 1.09. The molecule has 0 spiro atoms. The van der Waals surface area contributed by atoms with Crippen LogP contribution in [0.1, 0.15) is 24.5 Å². The van der Waals surface area contributed by atoms with Crippen LogP contribution in [0, 0.1) is 10.1 Å². The minimum absolute atomic E-state index is 0.0244. The monoisotopic (exact) mass is 445 g/mol. The molecule has 1 heterocycles. The molecule has 0 fully saturated rings. The zero-order chi connectivity index (χ0) is 23.5. The SMILES string of the molecule is CCCc1ccc(N(C)c2nc(N(C)c3ccc([N+](=O)[O-])cc3)ncc2C(F)(F)F)cc1. The third kappa shape index (κ3) is 4.96. The van der Waals surface area contributed by atoms with Crippen LogP contribution in [0.15, 0.2) is 54.7 Å². The van der Waals surface area contributed by atoms with Crippen LogP contribution in [0.3, 0.4) is 0 Å². The summed E-state index contributed by atoms with van der Waals surface area (Å²) in [7, 11) is 3.09. The summed E-state index contributed by atoms with van der Waals surface area (Å²) in [6, 6.07) is 12.9. The highest BCUT2D eigenvalue weighted by molar-refractivity contribution is 5.66. The van der Waals surface area contributed by atoms with E-state index < -0.39 is 16.7 Å². The number of hydrogen-bond acceptors (Lipinski definition) is 6. The first-order valence-electron chi connectivity index (χ1n) is 9.87. The number of nitrogens with zero attached hydrogens (tertiary/aromatic N) is 5. The van der Waals surface area contributed by atoms with Gasteiger partial charge >= 0.3 is 6.18 Å². The number of anilines is 4. The normalized spacial score (nSPS) is 11.3. The Balaban J connectivity index is 2.00. The number of nitro benzene ring substituents is 1. The first kappa shape index (κ1) is 23.0. The molecule has 2 aromatic carbocycles. The van der Waals surface area contributed by atoms with Gasteiger partial charge in [0, 0.05) is 43.8 Å². The molecule has 3 rings (SSSR count). The summed E-state index contributed by atoms with van der Waals surface area (Å²) in [5.74, 6) is -0.268. The lowest BCUT2D eigenvalue weighted by Gasteiger charge is -2.25. The molecule has 0 unspecified atom stereocenters. The number of nitro groups is 1. The van der Waals surface area contributed by atoms with Crippen LogP contribution in [-0.4, -0.2) is 29.0 Å². The number of non-ortho nitro benzene ring substituents is 1. The van der Waals surface area contributed by atoms with Gasteiger partial charge in [-0.1, -0.05) is 25.5 Å². The van der Waals surface area contributed by atoms with E-state index in [1.54, 1.807) is 19.2 Å². The smallest absolute Gasteiger partial charge is 0.329 e. The molecule has 0 bridgehead atoms. The largest absolute Gasteiger partial charge is 0.421 e. The van der Waals surface area contributed by atoms with Gasteiger partial charge in [-0.2, -0.15) is 18.2 Å². The van der Waals surface area contributed by atoms with Gasteiger partial charge in [0.05, 0.1) is 4.92 Å². The standard InChI is InChI=1S/C22H22F3N5O2/c1-4-5-15-6-8-16(9-7-15)28(2)20-19(22(23,24)25)14-26-21(27-20)29(3)17-10-12-18(13-11-17)30(31)32/h6-14H,4-5H2,1-3H3. The van der Waals surface area contributed by atoms with Crippen LogP contribution in [0.4, 0.5) is 42.0 Å². The third-order valence-electron chi connectivity index (χ3n) is 4.99. The minimum Gasteiger partial charge on any atom is -0.329 e. The Kier molecular flexibility index (Phi) is 6.61. The molecule has 10 heteroatoms. The summed E-state index contributed by atoms with van der Waals surface area (Å²) in [4.78, 5) is 21.2. The van der Waals surface area contributed by atoms with E-state index >= 15 is 0 Å². The van der Waals surface area contributed by atoms with Gasteiger partial charge in [-0.15, -0.1) is 0 Å². The van der Waals surface area contributed by atoms with Crippen molar-refractivity contribution in [3.05, 3.63) is 76.0 Å². The Morgan fingerprint density at radius 2 is 1.53 bits per heavy atom. The van der Waals surface area contributed by atoms with Gasteiger partial charge in [0.15, 0.2) is 5.82 Å². The predicted molar refractivity (Wildman–Crippen MR) is 117 cm³/mol. The van der Waals surface area contributed by atoms with Crippen LogP contribution in [0.25, 0.3) is 0 Å². The van der Waals surface area contributed by atoms with Crippen LogP contribution < -0.4 is 9.80 Å². The number of rotatable bonds is 7. The fraction of sp³-hybridized carbons (Fsp3) is 0.273.